The molecule has 2 nitrogen and oxygen atoms in total. The second-order valence-corrected chi connectivity index (χ2v) is 7.01. The number of carbonyl (C=O) groups excluding carboxylic acids is 1. The van der Waals surface area contributed by atoms with Crippen molar-refractivity contribution in [2.24, 2.45) is 10.8 Å². The van der Waals surface area contributed by atoms with Gasteiger partial charge in [-0.1, -0.05) is 33.1 Å². The average molecular weight is 251 g/mol. The molecule has 1 atom stereocenters. The Morgan fingerprint density at radius 2 is 1.78 bits per heavy atom. The number of aldehydes is 1. The van der Waals surface area contributed by atoms with Gasteiger partial charge in [0.2, 0.25) is 0 Å². The molecule has 1 aliphatic heterocycles. The maximum absolute atomic E-state index is 11.3. The van der Waals surface area contributed by atoms with Crippen LogP contribution in [0.2, 0.25) is 0 Å². The predicted octanol–water partition coefficient (Wildman–Crippen LogP) is 3.65. The summed E-state index contributed by atoms with van der Waals surface area (Å²) in [7, 11) is 0. The summed E-state index contributed by atoms with van der Waals surface area (Å²) < 4.78 is 0. The molecule has 1 unspecified atom stereocenters. The van der Waals surface area contributed by atoms with E-state index in [9.17, 15) is 4.79 Å². The Morgan fingerprint density at radius 3 is 2.28 bits per heavy atom. The largest absolute Gasteiger partial charge is 0.303 e. The molecule has 0 bridgehead atoms. The van der Waals surface area contributed by atoms with E-state index in [0.29, 0.717) is 5.41 Å². The summed E-state index contributed by atoms with van der Waals surface area (Å²) in [6.45, 7) is 7.70. The van der Waals surface area contributed by atoms with Gasteiger partial charge in [-0.2, -0.15) is 0 Å². The molecule has 1 heterocycles. The number of piperidine rings is 1. The number of likely N-dealkylation sites (tertiary alicyclic amines) is 1. The Morgan fingerprint density at radius 1 is 1.17 bits per heavy atom. The first-order valence-corrected chi connectivity index (χ1v) is 7.80. The van der Waals surface area contributed by atoms with Crippen LogP contribution in [0.25, 0.3) is 0 Å². The van der Waals surface area contributed by atoms with Crippen molar-refractivity contribution in [1.82, 2.24) is 4.90 Å². The predicted molar refractivity (Wildman–Crippen MR) is 75.7 cm³/mol. The third kappa shape index (κ3) is 3.14. The van der Waals surface area contributed by atoms with Gasteiger partial charge in [-0.25, -0.2) is 0 Å². The Kier molecular flexibility index (Phi) is 4.47. The fraction of sp³-hybridized carbons (Fsp3) is 0.938. The molecule has 0 N–H and O–H groups in total. The number of carbonyl (C=O) groups is 1. The molecule has 1 spiro atoms. The summed E-state index contributed by atoms with van der Waals surface area (Å²) in [5.41, 5.74) is 0.577. The van der Waals surface area contributed by atoms with Gasteiger partial charge in [0.15, 0.2) is 0 Å². The summed E-state index contributed by atoms with van der Waals surface area (Å²) >= 11 is 0. The molecule has 0 amide bonds. The Hall–Kier alpha value is -0.370. The highest BCUT2D eigenvalue weighted by molar-refractivity contribution is 5.59. The minimum absolute atomic E-state index is 0.116. The van der Waals surface area contributed by atoms with Crippen molar-refractivity contribution in [2.75, 3.05) is 19.6 Å². The molecule has 0 aromatic rings. The zero-order valence-corrected chi connectivity index (χ0v) is 12.2. The molecular weight excluding hydrogens is 222 g/mol. The highest BCUT2D eigenvalue weighted by atomic mass is 16.1. The van der Waals surface area contributed by atoms with Gasteiger partial charge in [0.05, 0.1) is 0 Å². The molecule has 1 saturated carbocycles. The van der Waals surface area contributed by atoms with Crippen LogP contribution in [-0.4, -0.2) is 30.8 Å². The summed E-state index contributed by atoms with van der Waals surface area (Å²) in [6, 6.07) is 0. The molecule has 1 saturated heterocycles. The summed E-state index contributed by atoms with van der Waals surface area (Å²) in [6.07, 6.45) is 11.9. The van der Waals surface area contributed by atoms with E-state index >= 15 is 0 Å². The van der Waals surface area contributed by atoms with Crippen molar-refractivity contribution in [2.45, 2.75) is 65.2 Å². The highest BCUT2D eigenvalue weighted by Gasteiger charge is 2.38. The van der Waals surface area contributed by atoms with E-state index in [2.05, 4.69) is 18.7 Å². The van der Waals surface area contributed by atoms with Crippen LogP contribution < -0.4 is 0 Å². The molecule has 2 rings (SSSR count). The first kappa shape index (κ1) is 14.0. The lowest BCUT2D eigenvalue weighted by atomic mass is 9.76. The topological polar surface area (TPSA) is 20.3 Å². The van der Waals surface area contributed by atoms with Gasteiger partial charge >= 0.3 is 0 Å². The minimum Gasteiger partial charge on any atom is -0.303 e. The van der Waals surface area contributed by atoms with Gasteiger partial charge in [0.25, 0.3) is 0 Å². The molecule has 0 aromatic heterocycles. The van der Waals surface area contributed by atoms with Crippen LogP contribution in [0.3, 0.4) is 0 Å². The number of nitrogens with zero attached hydrogens (tertiary/aromatic N) is 1. The zero-order valence-electron chi connectivity index (χ0n) is 12.2. The first-order valence-electron chi connectivity index (χ1n) is 7.80. The van der Waals surface area contributed by atoms with Crippen molar-refractivity contribution in [1.29, 1.82) is 0 Å². The van der Waals surface area contributed by atoms with E-state index in [1.807, 2.05) is 0 Å². The van der Waals surface area contributed by atoms with Crippen LogP contribution in [0.5, 0.6) is 0 Å². The molecule has 0 aromatic carbocycles. The van der Waals surface area contributed by atoms with Gasteiger partial charge in [0, 0.05) is 12.0 Å². The van der Waals surface area contributed by atoms with Crippen molar-refractivity contribution in [3.63, 3.8) is 0 Å². The fourth-order valence-electron chi connectivity index (χ4n) is 4.07. The maximum Gasteiger partial charge on any atom is 0.127 e. The Bertz CT molecular complexity index is 273. The second-order valence-electron chi connectivity index (χ2n) is 7.01. The number of rotatable bonds is 5. The minimum atomic E-state index is -0.116. The van der Waals surface area contributed by atoms with E-state index < -0.39 is 0 Å². The lowest BCUT2D eigenvalue weighted by Crippen LogP contribution is -2.44. The fourth-order valence-corrected chi connectivity index (χ4v) is 4.07. The van der Waals surface area contributed by atoms with Gasteiger partial charge in [-0.15, -0.1) is 0 Å². The smallest absolute Gasteiger partial charge is 0.127 e. The second kappa shape index (κ2) is 5.73. The molecular formula is C16H29NO. The Labute approximate surface area is 112 Å². The van der Waals surface area contributed by atoms with E-state index in [4.69, 9.17) is 0 Å². The first-order chi connectivity index (χ1) is 8.61. The van der Waals surface area contributed by atoms with Crippen LogP contribution >= 0.6 is 0 Å². The highest BCUT2D eigenvalue weighted by Crippen LogP contribution is 2.46. The monoisotopic (exact) mass is 251 g/mol. The van der Waals surface area contributed by atoms with Crippen molar-refractivity contribution >= 4 is 6.29 Å². The van der Waals surface area contributed by atoms with E-state index in [-0.39, 0.29) is 5.41 Å². The maximum atomic E-state index is 11.3. The van der Waals surface area contributed by atoms with Crippen LogP contribution in [0.4, 0.5) is 0 Å². The number of hydrogen-bond acceptors (Lipinski definition) is 2. The molecule has 2 fully saturated rings. The van der Waals surface area contributed by atoms with Crippen LogP contribution in [0, 0.1) is 10.8 Å². The average Bonchev–Trinajstić information content (AvgIpc) is 2.82. The lowest BCUT2D eigenvalue weighted by molar-refractivity contribution is -0.117. The lowest BCUT2D eigenvalue weighted by Gasteiger charge is -2.41. The summed E-state index contributed by atoms with van der Waals surface area (Å²) in [5.74, 6) is 0. The SMILES string of the molecule is CCCC(C)(C=O)CN1CCC2(CCCC2)CC1. The standard InChI is InChI=1S/C16H29NO/c1-3-6-15(2,14-18)13-17-11-9-16(10-12-17)7-4-5-8-16/h14H,3-13H2,1-2H3. The van der Waals surface area contributed by atoms with Crippen molar-refractivity contribution in [3.05, 3.63) is 0 Å². The molecule has 1 aliphatic carbocycles. The van der Waals surface area contributed by atoms with E-state index in [0.717, 1.165) is 19.4 Å². The Balaban J connectivity index is 1.84. The van der Waals surface area contributed by atoms with Gasteiger partial charge in [-0.3, -0.25) is 0 Å². The summed E-state index contributed by atoms with van der Waals surface area (Å²) in [5, 5.41) is 0. The van der Waals surface area contributed by atoms with E-state index in [1.54, 1.807) is 0 Å². The summed E-state index contributed by atoms with van der Waals surface area (Å²) in [4.78, 5) is 13.8. The van der Waals surface area contributed by atoms with Crippen molar-refractivity contribution in [3.8, 4) is 0 Å². The molecule has 2 heteroatoms. The van der Waals surface area contributed by atoms with Gasteiger partial charge in [0.1, 0.15) is 6.29 Å². The van der Waals surface area contributed by atoms with Crippen molar-refractivity contribution < 1.29 is 4.79 Å². The van der Waals surface area contributed by atoms with Crippen LogP contribution in [0.15, 0.2) is 0 Å². The van der Waals surface area contributed by atoms with Crippen LogP contribution in [0.1, 0.15) is 65.2 Å². The third-order valence-corrected chi connectivity index (χ3v) is 5.27. The number of hydrogen-bond donors (Lipinski definition) is 0. The van der Waals surface area contributed by atoms with Gasteiger partial charge < -0.3 is 9.69 Å². The molecule has 2 aliphatic rings. The quantitative estimate of drug-likeness (QED) is 0.695. The van der Waals surface area contributed by atoms with Crippen LogP contribution in [-0.2, 0) is 4.79 Å². The van der Waals surface area contributed by atoms with Gasteiger partial charge in [-0.05, 0) is 50.6 Å². The molecule has 0 radical (unpaired) electrons. The third-order valence-electron chi connectivity index (χ3n) is 5.27. The van der Waals surface area contributed by atoms with E-state index in [1.165, 1.54) is 57.9 Å². The normalized spacial score (nSPS) is 27.2. The zero-order chi connectivity index (χ0) is 13.1. The molecule has 104 valence electrons. The molecule has 18 heavy (non-hydrogen) atoms.